The number of nitrogens with zero attached hydrogens (tertiary/aromatic N) is 1. The first kappa shape index (κ1) is 21.1. The van der Waals surface area contributed by atoms with Gasteiger partial charge in [-0.1, -0.05) is 6.07 Å². The van der Waals surface area contributed by atoms with Gasteiger partial charge in [0.25, 0.3) is 5.69 Å². The summed E-state index contributed by atoms with van der Waals surface area (Å²) >= 11 is 1.39. The Kier molecular flexibility index (Phi) is 7.10. The van der Waals surface area contributed by atoms with Crippen LogP contribution in [0.2, 0.25) is 0 Å². The Morgan fingerprint density at radius 1 is 1.30 bits per heavy atom. The van der Waals surface area contributed by atoms with Gasteiger partial charge in [-0.15, -0.1) is 24.2 Å². The number of halogens is 1. The molecule has 2 aromatic carbocycles. The van der Waals surface area contributed by atoms with Crippen LogP contribution in [0.15, 0.2) is 47.4 Å². The van der Waals surface area contributed by atoms with E-state index in [9.17, 15) is 14.9 Å². The smallest absolute Gasteiger partial charge is 0.269 e. The topological polar surface area (TPSA) is 98.3 Å². The van der Waals surface area contributed by atoms with E-state index in [4.69, 9.17) is 5.73 Å². The Hall–Kier alpha value is -2.25. The van der Waals surface area contributed by atoms with Crippen LogP contribution in [0, 0.1) is 10.1 Å². The predicted molar refractivity (Wildman–Crippen MR) is 110 cm³/mol. The van der Waals surface area contributed by atoms with Gasteiger partial charge in [-0.05, 0) is 61.6 Å². The second-order valence-corrected chi connectivity index (χ2v) is 7.84. The van der Waals surface area contributed by atoms with Gasteiger partial charge in [0.05, 0.1) is 16.2 Å². The Labute approximate surface area is 168 Å². The summed E-state index contributed by atoms with van der Waals surface area (Å²) in [6, 6.07) is 12.1. The number of rotatable bonds is 5. The van der Waals surface area contributed by atoms with Crippen molar-refractivity contribution in [2.24, 2.45) is 0 Å². The van der Waals surface area contributed by atoms with Gasteiger partial charge in [0.2, 0.25) is 5.91 Å². The third-order valence-corrected chi connectivity index (χ3v) is 5.64. The first-order valence-corrected chi connectivity index (χ1v) is 9.42. The van der Waals surface area contributed by atoms with Crippen LogP contribution < -0.4 is 11.1 Å². The molecule has 8 heteroatoms. The molecule has 0 aliphatic heterocycles. The lowest BCUT2D eigenvalue weighted by Gasteiger charge is -2.27. The summed E-state index contributed by atoms with van der Waals surface area (Å²) in [7, 11) is 0. The zero-order valence-electron chi connectivity index (χ0n) is 14.9. The number of carbonyl (C=O) groups is 1. The predicted octanol–water partition coefficient (Wildman–Crippen LogP) is 4.27. The molecular formula is C19H22ClN3O3S. The summed E-state index contributed by atoms with van der Waals surface area (Å²) in [5.74, 6) is -0.0389. The molecular weight excluding hydrogens is 386 g/mol. The molecule has 0 aromatic heterocycles. The number of nitro benzene ring substituents is 1. The lowest BCUT2D eigenvalue weighted by molar-refractivity contribution is -0.384. The molecule has 0 saturated heterocycles. The Balaban J connectivity index is 0.00000261. The maximum atomic E-state index is 12.6. The highest BCUT2D eigenvalue weighted by molar-refractivity contribution is 8.00. The summed E-state index contributed by atoms with van der Waals surface area (Å²) in [6.07, 6.45) is 2.92. The van der Waals surface area contributed by atoms with E-state index in [1.165, 1.54) is 29.5 Å². The molecule has 0 saturated carbocycles. The van der Waals surface area contributed by atoms with Crippen LogP contribution in [0.1, 0.15) is 36.9 Å². The Morgan fingerprint density at radius 2 is 2.00 bits per heavy atom. The standard InChI is InChI=1S/C19H21N3O3S.ClH/c1-12(26-16-8-6-15(7-9-16)22(24)25)19(23)21-18-4-2-3-13-11-14(20)5-10-17(13)18;/h5-12,18H,2-4,20H2,1H3,(H,21,23);1H. The van der Waals surface area contributed by atoms with Gasteiger partial charge >= 0.3 is 0 Å². The number of nitrogens with two attached hydrogens (primary N) is 1. The van der Waals surface area contributed by atoms with Gasteiger partial charge in [0.15, 0.2) is 0 Å². The number of hydrogen-bond acceptors (Lipinski definition) is 5. The number of benzene rings is 2. The van der Waals surface area contributed by atoms with Crippen molar-refractivity contribution in [3.63, 3.8) is 0 Å². The van der Waals surface area contributed by atoms with Crippen LogP contribution in [0.25, 0.3) is 0 Å². The number of nitro groups is 1. The molecule has 144 valence electrons. The number of nitrogens with one attached hydrogen (secondary N) is 1. The van der Waals surface area contributed by atoms with Crippen molar-refractivity contribution in [2.45, 2.75) is 42.4 Å². The highest BCUT2D eigenvalue weighted by atomic mass is 35.5. The third kappa shape index (κ3) is 5.14. The third-order valence-electron chi connectivity index (χ3n) is 4.53. The monoisotopic (exact) mass is 407 g/mol. The Bertz CT molecular complexity index is 829. The average molecular weight is 408 g/mol. The molecule has 6 nitrogen and oxygen atoms in total. The van der Waals surface area contributed by atoms with E-state index in [1.54, 1.807) is 12.1 Å². The van der Waals surface area contributed by atoms with Crippen LogP contribution in [-0.4, -0.2) is 16.1 Å². The second kappa shape index (κ2) is 9.10. The number of carbonyl (C=O) groups excluding carboxylic acids is 1. The van der Waals surface area contributed by atoms with Crippen LogP contribution in [0.5, 0.6) is 0 Å². The molecule has 2 unspecified atom stereocenters. The van der Waals surface area contributed by atoms with Crippen LogP contribution in [0.3, 0.4) is 0 Å². The summed E-state index contributed by atoms with van der Waals surface area (Å²) < 4.78 is 0. The van der Waals surface area contributed by atoms with Crippen molar-refractivity contribution in [3.05, 3.63) is 63.7 Å². The van der Waals surface area contributed by atoms with E-state index in [1.807, 2.05) is 25.1 Å². The largest absolute Gasteiger partial charge is 0.399 e. The maximum Gasteiger partial charge on any atom is 0.269 e. The number of fused-ring (bicyclic) bond motifs is 1. The summed E-state index contributed by atoms with van der Waals surface area (Å²) in [5, 5.41) is 13.6. The first-order chi connectivity index (χ1) is 12.4. The summed E-state index contributed by atoms with van der Waals surface area (Å²) in [4.78, 5) is 23.7. The van der Waals surface area contributed by atoms with E-state index < -0.39 is 4.92 Å². The molecule has 3 N–H and O–H groups in total. The minimum absolute atomic E-state index is 0. The number of nitrogen functional groups attached to an aromatic ring is 1. The van der Waals surface area contributed by atoms with Gasteiger partial charge in [-0.3, -0.25) is 14.9 Å². The number of non-ortho nitro benzene ring substituents is 1. The zero-order valence-corrected chi connectivity index (χ0v) is 16.5. The number of anilines is 1. The normalized spacial score (nSPS) is 16.6. The van der Waals surface area contributed by atoms with Gasteiger partial charge in [0.1, 0.15) is 0 Å². The number of amides is 1. The van der Waals surface area contributed by atoms with Crippen LogP contribution in [0.4, 0.5) is 11.4 Å². The van der Waals surface area contributed by atoms with E-state index in [0.29, 0.717) is 0 Å². The molecule has 3 rings (SSSR count). The van der Waals surface area contributed by atoms with Crippen LogP contribution in [-0.2, 0) is 11.2 Å². The second-order valence-electron chi connectivity index (χ2n) is 6.42. The molecule has 0 spiro atoms. The van der Waals surface area contributed by atoms with Crippen molar-refractivity contribution < 1.29 is 9.72 Å². The van der Waals surface area contributed by atoms with E-state index in [2.05, 4.69) is 5.32 Å². The lowest BCUT2D eigenvalue weighted by atomic mass is 9.87. The molecule has 27 heavy (non-hydrogen) atoms. The Morgan fingerprint density at radius 3 is 2.67 bits per heavy atom. The highest BCUT2D eigenvalue weighted by Gasteiger charge is 2.24. The fraction of sp³-hybridized carbons (Fsp3) is 0.316. The number of hydrogen-bond donors (Lipinski definition) is 2. The molecule has 1 aliphatic rings. The zero-order chi connectivity index (χ0) is 18.7. The first-order valence-electron chi connectivity index (χ1n) is 8.54. The molecule has 0 bridgehead atoms. The minimum atomic E-state index is -0.433. The number of aryl methyl sites for hydroxylation is 1. The summed E-state index contributed by atoms with van der Waals surface area (Å²) in [5.41, 5.74) is 9.00. The van der Waals surface area contributed by atoms with E-state index >= 15 is 0 Å². The highest BCUT2D eigenvalue weighted by Crippen LogP contribution is 2.32. The fourth-order valence-corrected chi connectivity index (χ4v) is 4.05. The number of thioether (sulfide) groups is 1. The molecule has 0 fully saturated rings. The van der Waals surface area contributed by atoms with Gasteiger partial charge in [0, 0.05) is 22.7 Å². The average Bonchev–Trinajstić information content (AvgIpc) is 2.62. The SMILES string of the molecule is CC(Sc1ccc([N+](=O)[O-])cc1)C(=O)NC1CCCc2cc(N)ccc21.Cl. The van der Waals surface area contributed by atoms with Crippen molar-refractivity contribution in [1.82, 2.24) is 5.32 Å². The van der Waals surface area contributed by atoms with Crippen LogP contribution >= 0.6 is 24.2 Å². The van der Waals surface area contributed by atoms with E-state index in [-0.39, 0.29) is 35.3 Å². The van der Waals surface area contributed by atoms with Gasteiger partial charge in [-0.25, -0.2) is 0 Å². The van der Waals surface area contributed by atoms with Gasteiger partial charge in [-0.2, -0.15) is 0 Å². The molecule has 2 atom stereocenters. The molecule has 1 amide bonds. The summed E-state index contributed by atoms with van der Waals surface area (Å²) in [6.45, 7) is 1.84. The van der Waals surface area contributed by atoms with Gasteiger partial charge < -0.3 is 11.1 Å². The van der Waals surface area contributed by atoms with Crippen molar-refractivity contribution in [1.29, 1.82) is 0 Å². The molecule has 0 radical (unpaired) electrons. The van der Waals surface area contributed by atoms with Crippen molar-refractivity contribution >= 4 is 41.5 Å². The fourth-order valence-electron chi connectivity index (χ4n) is 3.18. The maximum absolute atomic E-state index is 12.6. The van der Waals surface area contributed by atoms with E-state index in [0.717, 1.165) is 35.4 Å². The molecule has 1 aliphatic carbocycles. The lowest BCUT2D eigenvalue weighted by Crippen LogP contribution is -2.35. The van der Waals surface area contributed by atoms with Crippen molar-refractivity contribution in [3.8, 4) is 0 Å². The van der Waals surface area contributed by atoms with Crippen molar-refractivity contribution in [2.75, 3.05) is 5.73 Å². The quantitative estimate of drug-likeness (QED) is 0.333. The minimum Gasteiger partial charge on any atom is -0.399 e. The molecule has 2 aromatic rings. The molecule has 0 heterocycles.